The number of hydrogen-bond acceptors (Lipinski definition) is 3. The largest absolute Gasteiger partial charge is 0.451 e. The summed E-state index contributed by atoms with van der Waals surface area (Å²) < 4.78 is 4.90. The first-order valence-corrected chi connectivity index (χ1v) is 4.08. The van der Waals surface area contributed by atoms with E-state index >= 15 is 0 Å². The van der Waals surface area contributed by atoms with Gasteiger partial charge in [0.25, 0.3) is 0 Å². The van der Waals surface area contributed by atoms with Crippen molar-refractivity contribution in [2.24, 2.45) is 5.73 Å². The SMILES string of the molecule is Cl.Cl.NCc1cccc(-c2cocn2)c1. The van der Waals surface area contributed by atoms with Crippen molar-refractivity contribution in [3.05, 3.63) is 42.5 Å². The molecule has 15 heavy (non-hydrogen) atoms. The molecule has 1 heterocycles. The molecule has 0 atom stereocenters. The zero-order chi connectivity index (χ0) is 9.10. The Bertz CT molecular complexity index is 390. The monoisotopic (exact) mass is 246 g/mol. The second kappa shape index (κ2) is 6.45. The number of hydrogen-bond donors (Lipinski definition) is 1. The maximum absolute atomic E-state index is 5.53. The molecule has 2 aromatic rings. The van der Waals surface area contributed by atoms with Gasteiger partial charge in [-0.1, -0.05) is 18.2 Å². The molecule has 0 aliphatic rings. The van der Waals surface area contributed by atoms with Crippen LogP contribution in [-0.4, -0.2) is 4.98 Å². The van der Waals surface area contributed by atoms with Crippen LogP contribution in [0.3, 0.4) is 0 Å². The lowest BCUT2D eigenvalue weighted by Gasteiger charge is -1.98. The van der Waals surface area contributed by atoms with Crippen LogP contribution in [0.25, 0.3) is 11.3 Å². The van der Waals surface area contributed by atoms with E-state index in [4.69, 9.17) is 10.2 Å². The number of nitrogens with two attached hydrogens (primary N) is 1. The summed E-state index contributed by atoms with van der Waals surface area (Å²) in [7, 11) is 0. The molecule has 0 bridgehead atoms. The van der Waals surface area contributed by atoms with Crippen LogP contribution in [0.4, 0.5) is 0 Å². The van der Waals surface area contributed by atoms with Crippen LogP contribution < -0.4 is 5.73 Å². The Morgan fingerprint density at radius 3 is 2.67 bits per heavy atom. The van der Waals surface area contributed by atoms with E-state index in [9.17, 15) is 0 Å². The predicted molar refractivity (Wildman–Crippen MR) is 64.3 cm³/mol. The topological polar surface area (TPSA) is 52.0 Å². The van der Waals surface area contributed by atoms with E-state index in [2.05, 4.69) is 4.98 Å². The summed E-state index contributed by atoms with van der Waals surface area (Å²) in [6, 6.07) is 7.95. The van der Waals surface area contributed by atoms with Crippen molar-refractivity contribution in [1.82, 2.24) is 4.98 Å². The molecule has 2 rings (SSSR count). The predicted octanol–water partition coefficient (Wildman–Crippen LogP) is 2.64. The van der Waals surface area contributed by atoms with E-state index in [-0.39, 0.29) is 24.8 Å². The van der Waals surface area contributed by atoms with Crippen LogP contribution in [0.2, 0.25) is 0 Å². The van der Waals surface area contributed by atoms with Gasteiger partial charge in [-0.05, 0) is 11.6 Å². The molecular formula is C10H12Cl2N2O. The normalized spacial score (nSPS) is 8.87. The molecule has 0 spiro atoms. The van der Waals surface area contributed by atoms with Crippen molar-refractivity contribution < 1.29 is 4.42 Å². The number of oxazole rings is 1. The molecule has 2 N–H and O–H groups in total. The molecular weight excluding hydrogens is 235 g/mol. The van der Waals surface area contributed by atoms with E-state index in [0.717, 1.165) is 16.8 Å². The van der Waals surface area contributed by atoms with Crippen molar-refractivity contribution in [3.63, 3.8) is 0 Å². The molecule has 5 heteroatoms. The van der Waals surface area contributed by atoms with Gasteiger partial charge in [0.05, 0.1) is 0 Å². The van der Waals surface area contributed by atoms with Gasteiger partial charge in [-0.2, -0.15) is 0 Å². The first kappa shape index (κ1) is 14.0. The van der Waals surface area contributed by atoms with Crippen molar-refractivity contribution in [2.75, 3.05) is 0 Å². The van der Waals surface area contributed by atoms with Crippen LogP contribution >= 0.6 is 24.8 Å². The van der Waals surface area contributed by atoms with Crippen LogP contribution in [0.15, 0.2) is 41.3 Å². The molecule has 0 radical (unpaired) electrons. The molecule has 0 fully saturated rings. The highest BCUT2D eigenvalue weighted by atomic mass is 35.5. The average molecular weight is 247 g/mol. The fourth-order valence-electron chi connectivity index (χ4n) is 1.21. The van der Waals surface area contributed by atoms with Gasteiger partial charge in [0, 0.05) is 12.1 Å². The van der Waals surface area contributed by atoms with Gasteiger partial charge in [-0.3, -0.25) is 0 Å². The van der Waals surface area contributed by atoms with Crippen molar-refractivity contribution >= 4 is 24.8 Å². The van der Waals surface area contributed by atoms with Gasteiger partial charge >= 0.3 is 0 Å². The van der Waals surface area contributed by atoms with E-state index in [1.54, 1.807) is 6.26 Å². The lowest BCUT2D eigenvalue weighted by atomic mass is 10.1. The lowest BCUT2D eigenvalue weighted by Crippen LogP contribution is -1.95. The molecule has 0 aliphatic heterocycles. The van der Waals surface area contributed by atoms with E-state index in [1.165, 1.54) is 6.39 Å². The molecule has 1 aromatic carbocycles. The van der Waals surface area contributed by atoms with Gasteiger partial charge in [-0.25, -0.2) is 4.98 Å². The Morgan fingerprint density at radius 1 is 1.27 bits per heavy atom. The molecule has 1 aromatic heterocycles. The van der Waals surface area contributed by atoms with Crippen LogP contribution in [0, 0.1) is 0 Å². The standard InChI is InChI=1S/C10H10N2O.2ClH/c11-5-8-2-1-3-9(4-8)10-6-13-7-12-10;;/h1-4,6-7H,5,11H2;2*1H. The third-order valence-electron chi connectivity index (χ3n) is 1.89. The molecule has 0 saturated carbocycles. The summed E-state index contributed by atoms with van der Waals surface area (Å²) in [6.07, 6.45) is 3.04. The number of halogens is 2. The van der Waals surface area contributed by atoms with Crippen LogP contribution in [0.1, 0.15) is 5.56 Å². The summed E-state index contributed by atoms with van der Waals surface area (Å²) in [6.45, 7) is 0.547. The molecule has 0 unspecified atom stereocenters. The summed E-state index contributed by atoms with van der Waals surface area (Å²) in [5, 5.41) is 0. The second-order valence-electron chi connectivity index (χ2n) is 2.78. The number of nitrogens with zero attached hydrogens (tertiary/aromatic N) is 1. The van der Waals surface area contributed by atoms with Crippen molar-refractivity contribution in [3.8, 4) is 11.3 Å². The third-order valence-corrected chi connectivity index (χ3v) is 1.89. The quantitative estimate of drug-likeness (QED) is 0.887. The second-order valence-corrected chi connectivity index (χ2v) is 2.78. The molecule has 3 nitrogen and oxygen atoms in total. The molecule has 0 aliphatic carbocycles. The third kappa shape index (κ3) is 3.23. The number of benzene rings is 1. The Balaban J connectivity index is 0.000000980. The summed E-state index contributed by atoms with van der Waals surface area (Å²) >= 11 is 0. The van der Waals surface area contributed by atoms with E-state index in [1.807, 2.05) is 24.3 Å². The summed E-state index contributed by atoms with van der Waals surface area (Å²) in [5.41, 5.74) is 8.51. The van der Waals surface area contributed by atoms with Crippen molar-refractivity contribution in [2.45, 2.75) is 6.54 Å². The van der Waals surface area contributed by atoms with Gasteiger partial charge in [0.2, 0.25) is 0 Å². The first-order chi connectivity index (χ1) is 6.40. The molecule has 82 valence electrons. The first-order valence-electron chi connectivity index (χ1n) is 4.08. The van der Waals surface area contributed by atoms with Gasteiger partial charge in [-0.15, -0.1) is 24.8 Å². The summed E-state index contributed by atoms with van der Waals surface area (Å²) in [4.78, 5) is 4.05. The van der Waals surface area contributed by atoms with E-state index < -0.39 is 0 Å². The van der Waals surface area contributed by atoms with Gasteiger partial charge in [0.1, 0.15) is 12.0 Å². The Morgan fingerprint density at radius 2 is 2.07 bits per heavy atom. The smallest absolute Gasteiger partial charge is 0.181 e. The maximum atomic E-state index is 5.53. The Labute approximate surface area is 101 Å². The van der Waals surface area contributed by atoms with Gasteiger partial charge < -0.3 is 10.2 Å². The Hall–Kier alpha value is -1.03. The fraction of sp³-hybridized carbons (Fsp3) is 0.100. The van der Waals surface area contributed by atoms with Crippen molar-refractivity contribution in [1.29, 1.82) is 0 Å². The highest BCUT2D eigenvalue weighted by Gasteiger charge is 2.00. The van der Waals surface area contributed by atoms with Crippen LogP contribution in [0.5, 0.6) is 0 Å². The minimum absolute atomic E-state index is 0. The fourth-order valence-corrected chi connectivity index (χ4v) is 1.21. The highest BCUT2D eigenvalue weighted by molar-refractivity contribution is 5.85. The Kier molecular flexibility index (Phi) is 6.01. The zero-order valence-electron chi connectivity index (χ0n) is 7.92. The minimum Gasteiger partial charge on any atom is -0.451 e. The maximum Gasteiger partial charge on any atom is 0.181 e. The number of rotatable bonds is 2. The summed E-state index contributed by atoms with van der Waals surface area (Å²) in [5.74, 6) is 0. The van der Waals surface area contributed by atoms with Gasteiger partial charge in [0.15, 0.2) is 6.39 Å². The number of aromatic nitrogens is 1. The molecule has 0 saturated heterocycles. The molecule has 0 amide bonds. The zero-order valence-corrected chi connectivity index (χ0v) is 9.55. The lowest BCUT2D eigenvalue weighted by molar-refractivity contribution is 0.558. The average Bonchev–Trinajstić information content (AvgIpc) is 2.71. The van der Waals surface area contributed by atoms with Crippen LogP contribution in [-0.2, 0) is 6.54 Å². The minimum atomic E-state index is 0. The van der Waals surface area contributed by atoms with E-state index in [0.29, 0.717) is 6.54 Å². The highest BCUT2D eigenvalue weighted by Crippen LogP contribution is 2.17.